The Morgan fingerprint density at radius 1 is 1.00 bits per heavy atom. The summed E-state index contributed by atoms with van der Waals surface area (Å²) in [4.78, 5) is 0. The molecule has 2 N–H and O–H groups in total. The van der Waals surface area contributed by atoms with Gasteiger partial charge in [-0.25, -0.2) is 0 Å². The predicted octanol–water partition coefficient (Wildman–Crippen LogP) is 4.13. The molecule has 0 fully saturated rings. The molecule has 0 saturated carbocycles. The van der Waals surface area contributed by atoms with Crippen molar-refractivity contribution in [3.8, 4) is 11.5 Å². The van der Waals surface area contributed by atoms with Crippen molar-refractivity contribution >= 4 is 0 Å². The zero-order chi connectivity index (χ0) is 14.3. The molecule has 0 aliphatic carbocycles. The lowest BCUT2D eigenvalue weighted by Crippen LogP contribution is -1.79. The molecule has 0 unspecified atom stereocenters. The predicted molar refractivity (Wildman–Crippen MR) is 79.6 cm³/mol. The second-order valence-electron chi connectivity index (χ2n) is 4.39. The summed E-state index contributed by atoms with van der Waals surface area (Å²) in [6, 6.07) is 12.6. The zero-order valence-corrected chi connectivity index (χ0v) is 11.4. The number of rotatable bonds is 2. The van der Waals surface area contributed by atoms with Crippen LogP contribution in [0.25, 0.3) is 0 Å². The Hall–Kier alpha value is -2.22. The first-order valence-corrected chi connectivity index (χ1v) is 6.18. The van der Waals surface area contributed by atoms with E-state index in [0.717, 1.165) is 17.5 Å². The van der Waals surface area contributed by atoms with Gasteiger partial charge in [-0.1, -0.05) is 30.3 Å². The SMILES string of the molecule is C=CCc1ccccc1O.Cc1ccc(O)cc1C. The fraction of sp³-hybridized carbons (Fsp3) is 0.176. The average molecular weight is 256 g/mol. The Labute approximate surface area is 114 Å². The first kappa shape index (κ1) is 14.8. The van der Waals surface area contributed by atoms with E-state index in [1.54, 1.807) is 24.3 Å². The molecule has 0 aliphatic rings. The second kappa shape index (κ2) is 7.27. The maximum atomic E-state index is 9.19. The van der Waals surface area contributed by atoms with Crippen molar-refractivity contribution in [3.63, 3.8) is 0 Å². The van der Waals surface area contributed by atoms with E-state index < -0.39 is 0 Å². The molecule has 100 valence electrons. The molecule has 2 aromatic rings. The smallest absolute Gasteiger partial charge is 0.119 e. The Balaban J connectivity index is 0.000000191. The number of hydrogen-bond acceptors (Lipinski definition) is 2. The lowest BCUT2D eigenvalue weighted by Gasteiger charge is -1.97. The molecule has 2 nitrogen and oxygen atoms in total. The average Bonchev–Trinajstić information content (AvgIpc) is 2.38. The third-order valence-electron chi connectivity index (χ3n) is 2.85. The van der Waals surface area contributed by atoms with Crippen molar-refractivity contribution in [1.29, 1.82) is 0 Å². The Kier molecular flexibility index (Phi) is 5.68. The van der Waals surface area contributed by atoms with Crippen LogP contribution in [0, 0.1) is 13.8 Å². The molecule has 2 rings (SSSR count). The normalized spacial score (nSPS) is 9.37. The molecule has 0 aliphatic heterocycles. The van der Waals surface area contributed by atoms with Crippen molar-refractivity contribution in [2.24, 2.45) is 0 Å². The number of allylic oxidation sites excluding steroid dienone is 1. The van der Waals surface area contributed by atoms with Gasteiger partial charge >= 0.3 is 0 Å². The van der Waals surface area contributed by atoms with Crippen LogP contribution in [0.4, 0.5) is 0 Å². The van der Waals surface area contributed by atoms with Gasteiger partial charge in [-0.3, -0.25) is 0 Å². The molecule has 0 saturated heterocycles. The largest absolute Gasteiger partial charge is 0.508 e. The van der Waals surface area contributed by atoms with Crippen LogP contribution in [0.3, 0.4) is 0 Å². The Bertz CT molecular complexity index is 545. The van der Waals surface area contributed by atoms with Gasteiger partial charge in [0.25, 0.3) is 0 Å². The highest BCUT2D eigenvalue weighted by Crippen LogP contribution is 2.15. The number of phenols is 2. The van der Waals surface area contributed by atoms with Gasteiger partial charge in [0, 0.05) is 0 Å². The molecule has 0 amide bonds. The minimum Gasteiger partial charge on any atom is -0.508 e. The molecule has 0 aromatic heterocycles. The van der Waals surface area contributed by atoms with Crippen LogP contribution in [0.2, 0.25) is 0 Å². The van der Waals surface area contributed by atoms with E-state index in [-0.39, 0.29) is 0 Å². The van der Waals surface area contributed by atoms with Crippen molar-refractivity contribution in [1.82, 2.24) is 0 Å². The van der Waals surface area contributed by atoms with Crippen molar-refractivity contribution in [3.05, 3.63) is 71.8 Å². The van der Waals surface area contributed by atoms with E-state index in [4.69, 9.17) is 5.11 Å². The molecule has 0 radical (unpaired) electrons. The van der Waals surface area contributed by atoms with Gasteiger partial charge in [-0.2, -0.15) is 0 Å². The Morgan fingerprint density at radius 3 is 2.21 bits per heavy atom. The third-order valence-corrected chi connectivity index (χ3v) is 2.85. The van der Waals surface area contributed by atoms with E-state index in [0.29, 0.717) is 11.5 Å². The summed E-state index contributed by atoms with van der Waals surface area (Å²) in [5.74, 6) is 0.695. The molecule has 19 heavy (non-hydrogen) atoms. The maximum absolute atomic E-state index is 9.19. The van der Waals surface area contributed by atoms with Crippen LogP contribution in [-0.2, 0) is 6.42 Å². The molecule has 0 bridgehead atoms. The first-order chi connectivity index (χ1) is 9.04. The standard InChI is InChI=1S/C9H10O.C8H10O/c1-2-5-8-6-3-4-7-9(8)10;1-6-3-4-8(9)5-7(6)2/h2-4,6-7,10H,1,5H2;3-5,9H,1-2H3. The summed E-state index contributed by atoms with van der Waals surface area (Å²) in [7, 11) is 0. The highest BCUT2D eigenvalue weighted by Gasteiger charge is 1.94. The highest BCUT2D eigenvalue weighted by atomic mass is 16.3. The van der Waals surface area contributed by atoms with Crippen LogP contribution in [0.1, 0.15) is 16.7 Å². The summed E-state index contributed by atoms with van der Waals surface area (Å²) < 4.78 is 0. The molecule has 0 spiro atoms. The summed E-state index contributed by atoms with van der Waals surface area (Å²) in [6.45, 7) is 7.59. The highest BCUT2D eigenvalue weighted by molar-refractivity contribution is 5.33. The fourth-order valence-electron chi connectivity index (χ4n) is 1.56. The molecular weight excluding hydrogens is 236 g/mol. The van der Waals surface area contributed by atoms with Crippen LogP contribution >= 0.6 is 0 Å². The van der Waals surface area contributed by atoms with Crippen molar-refractivity contribution in [2.45, 2.75) is 20.3 Å². The molecule has 0 atom stereocenters. The van der Waals surface area contributed by atoms with E-state index in [2.05, 4.69) is 6.58 Å². The first-order valence-electron chi connectivity index (χ1n) is 6.18. The summed E-state index contributed by atoms with van der Waals surface area (Å²) in [5.41, 5.74) is 3.28. The van der Waals surface area contributed by atoms with Gasteiger partial charge in [0.1, 0.15) is 11.5 Å². The summed E-state index contributed by atoms with van der Waals surface area (Å²) in [5, 5.41) is 18.1. The van der Waals surface area contributed by atoms with E-state index in [9.17, 15) is 5.11 Å². The number of aromatic hydroxyl groups is 2. The minimum atomic E-state index is 0.345. The summed E-state index contributed by atoms with van der Waals surface area (Å²) >= 11 is 0. The maximum Gasteiger partial charge on any atom is 0.119 e. The van der Waals surface area contributed by atoms with E-state index >= 15 is 0 Å². The number of hydrogen-bond donors (Lipinski definition) is 2. The third kappa shape index (κ3) is 4.88. The number of benzene rings is 2. The van der Waals surface area contributed by atoms with Crippen molar-refractivity contribution in [2.75, 3.05) is 0 Å². The lowest BCUT2D eigenvalue weighted by molar-refractivity contribution is 0.469. The topological polar surface area (TPSA) is 40.5 Å². The second-order valence-corrected chi connectivity index (χ2v) is 4.39. The number of phenolic OH excluding ortho intramolecular Hbond substituents is 2. The van der Waals surface area contributed by atoms with Crippen LogP contribution < -0.4 is 0 Å². The monoisotopic (exact) mass is 256 g/mol. The van der Waals surface area contributed by atoms with Gasteiger partial charge < -0.3 is 10.2 Å². The zero-order valence-electron chi connectivity index (χ0n) is 11.4. The molecule has 0 heterocycles. The molecule has 2 heteroatoms. The van der Waals surface area contributed by atoms with Crippen molar-refractivity contribution < 1.29 is 10.2 Å². The van der Waals surface area contributed by atoms with Crippen LogP contribution in [0.5, 0.6) is 11.5 Å². The van der Waals surface area contributed by atoms with Gasteiger partial charge in [0.15, 0.2) is 0 Å². The van der Waals surface area contributed by atoms with E-state index in [1.807, 2.05) is 38.1 Å². The quantitative estimate of drug-likeness (QED) is 0.793. The minimum absolute atomic E-state index is 0.345. The van der Waals surface area contributed by atoms with Gasteiger partial charge in [0.05, 0.1) is 0 Å². The molecular formula is C17H20O2. The van der Waals surface area contributed by atoms with Gasteiger partial charge in [-0.15, -0.1) is 6.58 Å². The fourth-order valence-corrected chi connectivity index (χ4v) is 1.56. The van der Waals surface area contributed by atoms with Gasteiger partial charge in [-0.05, 0) is 55.2 Å². The molecule has 2 aromatic carbocycles. The van der Waals surface area contributed by atoms with Gasteiger partial charge in [0.2, 0.25) is 0 Å². The lowest BCUT2D eigenvalue weighted by atomic mass is 10.1. The number of para-hydroxylation sites is 1. The summed E-state index contributed by atoms with van der Waals surface area (Å²) in [6.07, 6.45) is 2.50. The number of aryl methyl sites for hydroxylation is 2. The Morgan fingerprint density at radius 2 is 1.68 bits per heavy atom. The van der Waals surface area contributed by atoms with Crippen LogP contribution in [-0.4, -0.2) is 10.2 Å². The van der Waals surface area contributed by atoms with Crippen LogP contribution in [0.15, 0.2) is 55.1 Å². The van der Waals surface area contributed by atoms with E-state index in [1.165, 1.54) is 5.56 Å².